The number of carboxylic acids is 1. The number of benzene rings is 1. The fraction of sp³-hybridized carbons (Fsp3) is 0.333. The third-order valence-electron chi connectivity index (χ3n) is 2.83. The molecular weight excluding hydrogens is 359 g/mol. The van der Waals surface area contributed by atoms with Crippen molar-refractivity contribution in [1.82, 2.24) is 20.2 Å². The van der Waals surface area contributed by atoms with Crippen LogP contribution < -0.4 is 0 Å². The van der Waals surface area contributed by atoms with Crippen LogP contribution in [-0.2, 0) is 4.79 Å². The van der Waals surface area contributed by atoms with Gasteiger partial charge in [0.15, 0.2) is 5.82 Å². The number of halogens is 1. The average Bonchev–Trinajstić information content (AvgIpc) is 2.85. The van der Waals surface area contributed by atoms with Crippen molar-refractivity contribution in [2.24, 2.45) is 0 Å². The molecule has 0 aliphatic rings. The van der Waals surface area contributed by atoms with Crippen molar-refractivity contribution in [3.63, 3.8) is 0 Å². The Labute approximate surface area is 124 Å². The highest BCUT2D eigenvalue weighted by molar-refractivity contribution is 14.1. The van der Waals surface area contributed by atoms with E-state index in [0.717, 1.165) is 9.13 Å². The van der Waals surface area contributed by atoms with E-state index in [9.17, 15) is 4.79 Å². The molecule has 0 fully saturated rings. The van der Waals surface area contributed by atoms with Gasteiger partial charge in [-0.25, -0.2) is 4.68 Å². The molecule has 0 saturated heterocycles. The van der Waals surface area contributed by atoms with E-state index < -0.39 is 5.97 Å². The topological polar surface area (TPSA) is 80.9 Å². The van der Waals surface area contributed by atoms with Gasteiger partial charge >= 0.3 is 5.97 Å². The molecule has 19 heavy (non-hydrogen) atoms. The number of nitrogens with zero attached hydrogens (tertiary/aromatic N) is 4. The lowest BCUT2D eigenvalue weighted by Gasteiger charge is -2.14. The lowest BCUT2D eigenvalue weighted by atomic mass is 10.1. The predicted molar refractivity (Wildman–Crippen MR) is 77.6 cm³/mol. The van der Waals surface area contributed by atoms with Crippen LogP contribution in [0.5, 0.6) is 0 Å². The summed E-state index contributed by atoms with van der Waals surface area (Å²) in [7, 11) is 0. The standard InChI is InChI=1S/C12H13IN4O2/c1-2-8(7-11(18)19)17-12(14-15-16-17)9-5-3-4-6-10(9)13/h3-6,8H,2,7H2,1H3,(H,18,19). The summed E-state index contributed by atoms with van der Waals surface area (Å²) < 4.78 is 2.63. The van der Waals surface area contributed by atoms with E-state index in [-0.39, 0.29) is 12.5 Å². The maximum Gasteiger partial charge on any atom is 0.305 e. The van der Waals surface area contributed by atoms with Gasteiger partial charge in [-0.15, -0.1) is 5.10 Å². The van der Waals surface area contributed by atoms with Gasteiger partial charge in [0, 0.05) is 9.13 Å². The van der Waals surface area contributed by atoms with Gasteiger partial charge in [-0.1, -0.05) is 25.1 Å². The number of carbonyl (C=O) groups is 1. The highest BCUT2D eigenvalue weighted by Crippen LogP contribution is 2.26. The minimum atomic E-state index is -0.851. The number of aromatic nitrogens is 4. The first kappa shape index (κ1) is 13.9. The van der Waals surface area contributed by atoms with Crippen LogP contribution in [0.15, 0.2) is 24.3 Å². The Morgan fingerprint density at radius 1 is 1.47 bits per heavy atom. The van der Waals surface area contributed by atoms with Crippen LogP contribution in [-0.4, -0.2) is 31.3 Å². The van der Waals surface area contributed by atoms with E-state index >= 15 is 0 Å². The van der Waals surface area contributed by atoms with Crippen molar-refractivity contribution in [2.75, 3.05) is 0 Å². The number of hydrogen-bond acceptors (Lipinski definition) is 4. The molecule has 2 aromatic rings. The van der Waals surface area contributed by atoms with E-state index in [1.165, 1.54) is 0 Å². The Balaban J connectivity index is 2.42. The molecule has 1 aromatic carbocycles. The molecule has 1 heterocycles. The molecule has 0 amide bonds. The molecule has 0 spiro atoms. The molecule has 1 unspecified atom stereocenters. The van der Waals surface area contributed by atoms with Crippen molar-refractivity contribution < 1.29 is 9.90 Å². The van der Waals surface area contributed by atoms with E-state index in [2.05, 4.69) is 38.1 Å². The van der Waals surface area contributed by atoms with Crippen LogP contribution in [0.2, 0.25) is 0 Å². The maximum absolute atomic E-state index is 10.9. The lowest BCUT2D eigenvalue weighted by molar-refractivity contribution is -0.138. The van der Waals surface area contributed by atoms with Gasteiger partial charge in [0.2, 0.25) is 0 Å². The molecule has 1 N–H and O–H groups in total. The molecule has 2 rings (SSSR count). The Hall–Kier alpha value is -1.51. The van der Waals surface area contributed by atoms with Crippen LogP contribution in [0.1, 0.15) is 25.8 Å². The summed E-state index contributed by atoms with van der Waals surface area (Å²) in [6.07, 6.45) is 0.672. The Kier molecular flexibility index (Phi) is 4.46. The molecule has 6 nitrogen and oxygen atoms in total. The SMILES string of the molecule is CCC(CC(=O)O)n1nnnc1-c1ccccc1I. The van der Waals surface area contributed by atoms with Crippen LogP contribution in [0.3, 0.4) is 0 Å². The van der Waals surface area contributed by atoms with Crippen LogP contribution in [0.4, 0.5) is 0 Å². The Bertz CT molecular complexity index is 585. The van der Waals surface area contributed by atoms with Crippen LogP contribution >= 0.6 is 22.6 Å². The zero-order valence-electron chi connectivity index (χ0n) is 10.3. The zero-order valence-corrected chi connectivity index (χ0v) is 12.5. The summed E-state index contributed by atoms with van der Waals surface area (Å²) in [6.45, 7) is 1.93. The molecule has 1 aromatic heterocycles. The zero-order chi connectivity index (χ0) is 13.8. The molecular formula is C12H13IN4O2. The molecule has 7 heteroatoms. The highest BCUT2D eigenvalue weighted by Gasteiger charge is 2.20. The van der Waals surface area contributed by atoms with Crippen molar-refractivity contribution in [2.45, 2.75) is 25.8 Å². The fourth-order valence-corrected chi connectivity index (χ4v) is 2.49. The predicted octanol–water partition coefficient (Wildman–Crippen LogP) is 2.37. The van der Waals surface area contributed by atoms with E-state index in [1.807, 2.05) is 31.2 Å². The molecule has 1 atom stereocenters. The first-order valence-corrected chi connectivity index (χ1v) is 6.96. The summed E-state index contributed by atoms with van der Waals surface area (Å²) in [5.74, 6) is -0.242. The van der Waals surface area contributed by atoms with Crippen molar-refractivity contribution in [3.05, 3.63) is 27.8 Å². The fourth-order valence-electron chi connectivity index (χ4n) is 1.86. The van der Waals surface area contributed by atoms with Gasteiger partial charge in [-0.05, 0) is 45.5 Å². The van der Waals surface area contributed by atoms with Gasteiger partial charge in [0.1, 0.15) is 0 Å². The largest absolute Gasteiger partial charge is 0.481 e. The second-order valence-corrected chi connectivity index (χ2v) is 5.25. The maximum atomic E-state index is 10.9. The van der Waals surface area contributed by atoms with E-state index in [4.69, 9.17) is 5.11 Å². The second kappa shape index (κ2) is 6.09. The summed E-state index contributed by atoms with van der Waals surface area (Å²) >= 11 is 2.21. The van der Waals surface area contributed by atoms with Crippen molar-refractivity contribution in [1.29, 1.82) is 0 Å². The highest BCUT2D eigenvalue weighted by atomic mass is 127. The average molecular weight is 372 g/mol. The van der Waals surface area contributed by atoms with Gasteiger partial charge in [-0.3, -0.25) is 4.79 Å². The molecule has 0 aliphatic heterocycles. The molecule has 0 radical (unpaired) electrons. The van der Waals surface area contributed by atoms with E-state index in [0.29, 0.717) is 12.2 Å². The minimum absolute atomic E-state index is 0.0119. The van der Waals surface area contributed by atoms with E-state index in [1.54, 1.807) is 4.68 Å². The smallest absolute Gasteiger partial charge is 0.305 e. The molecule has 0 aliphatic carbocycles. The lowest BCUT2D eigenvalue weighted by Crippen LogP contribution is -2.15. The van der Waals surface area contributed by atoms with Crippen LogP contribution in [0, 0.1) is 3.57 Å². The first-order valence-electron chi connectivity index (χ1n) is 5.88. The van der Waals surface area contributed by atoms with Gasteiger partial charge in [-0.2, -0.15) is 0 Å². The molecule has 0 bridgehead atoms. The van der Waals surface area contributed by atoms with Crippen molar-refractivity contribution >= 4 is 28.6 Å². The summed E-state index contributed by atoms with van der Waals surface area (Å²) in [5, 5.41) is 20.6. The molecule has 0 saturated carbocycles. The quantitative estimate of drug-likeness (QED) is 0.816. The number of aliphatic carboxylic acids is 1. The monoisotopic (exact) mass is 372 g/mol. The Morgan fingerprint density at radius 3 is 2.84 bits per heavy atom. The molecule has 100 valence electrons. The second-order valence-electron chi connectivity index (χ2n) is 4.09. The van der Waals surface area contributed by atoms with Gasteiger partial charge in [0.25, 0.3) is 0 Å². The Morgan fingerprint density at radius 2 is 2.21 bits per heavy atom. The third kappa shape index (κ3) is 3.09. The number of carboxylic acid groups (broad SMARTS) is 1. The third-order valence-corrected chi connectivity index (χ3v) is 3.78. The summed E-state index contributed by atoms with van der Waals surface area (Å²) in [5.41, 5.74) is 0.914. The van der Waals surface area contributed by atoms with Crippen LogP contribution in [0.25, 0.3) is 11.4 Å². The number of hydrogen-bond donors (Lipinski definition) is 1. The summed E-state index contributed by atoms with van der Waals surface area (Å²) in [6, 6.07) is 7.51. The first-order chi connectivity index (χ1) is 9.13. The number of rotatable bonds is 5. The minimum Gasteiger partial charge on any atom is -0.481 e. The van der Waals surface area contributed by atoms with Crippen molar-refractivity contribution in [3.8, 4) is 11.4 Å². The van der Waals surface area contributed by atoms with Gasteiger partial charge in [0.05, 0.1) is 12.5 Å². The van der Waals surface area contributed by atoms with Gasteiger partial charge < -0.3 is 5.11 Å². The number of tetrazole rings is 1. The summed E-state index contributed by atoms with van der Waals surface area (Å²) in [4.78, 5) is 10.9. The normalized spacial score (nSPS) is 12.3.